The average Bonchev–Trinajstić information content (AvgIpc) is 2.87. The first kappa shape index (κ1) is 12.3. The van der Waals surface area contributed by atoms with Gasteiger partial charge in [0.15, 0.2) is 0 Å². The van der Waals surface area contributed by atoms with Crippen LogP contribution in [0.2, 0.25) is 0 Å². The van der Waals surface area contributed by atoms with Gasteiger partial charge in [0.1, 0.15) is 5.60 Å². The molecule has 0 spiro atoms. The molecule has 2 fully saturated rings. The zero-order chi connectivity index (χ0) is 12.3. The van der Waals surface area contributed by atoms with Crippen LogP contribution in [0.15, 0.2) is 0 Å². The Hall–Kier alpha value is -1.14. The Morgan fingerprint density at radius 3 is 3.00 bits per heavy atom. The Bertz CT molecular complexity index is 313. The largest absolute Gasteiger partial charge is 0.386 e. The number of hydrogen-bond acceptors (Lipinski definition) is 4. The van der Waals surface area contributed by atoms with E-state index in [1.54, 1.807) is 4.90 Å². The topological polar surface area (TPSA) is 78.9 Å². The van der Waals surface area contributed by atoms with Crippen molar-refractivity contribution in [1.82, 2.24) is 10.2 Å². The molecule has 6 nitrogen and oxygen atoms in total. The van der Waals surface area contributed by atoms with Gasteiger partial charge in [-0.2, -0.15) is 0 Å². The van der Waals surface area contributed by atoms with Crippen LogP contribution in [-0.2, 0) is 14.3 Å². The van der Waals surface area contributed by atoms with E-state index in [1.165, 1.54) is 0 Å². The molecule has 1 unspecified atom stereocenters. The van der Waals surface area contributed by atoms with E-state index in [-0.39, 0.29) is 31.5 Å². The van der Waals surface area contributed by atoms with E-state index < -0.39 is 5.60 Å². The van der Waals surface area contributed by atoms with Crippen LogP contribution in [-0.4, -0.2) is 60.3 Å². The van der Waals surface area contributed by atoms with Gasteiger partial charge in [-0.05, 0) is 6.42 Å². The summed E-state index contributed by atoms with van der Waals surface area (Å²) >= 11 is 0. The molecular weight excluding hydrogens is 224 g/mol. The summed E-state index contributed by atoms with van der Waals surface area (Å²) in [5, 5.41) is 12.6. The zero-order valence-corrected chi connectivity index (χ0v) is 9.78. The normalized spacial score (nSPS) is 28.8. The standard InChI is InChI=1S/C11H18N2O4/c14-9(6-13-4-1-2-10(13)15)12-7-11(16)3-5-17-8-11/h16H,1-8H2,(H,12,14). The van der Waals surface area contributed by atoms with Crippen molar-refractivity contribution in [2.24, 2.45) is 0 Å². The highest BCUT2D eigenvalue weighted by atomic mass is 16.5. The fourth-order valence-electron chi connectivity index (χ4n) is 2.10. The fraction of sp³-hybridized carbons (Fsp3) is 0.818. The smallest absolute Gasteiger partial charge is 0.239 e. The summed E-state index contributed by atoms with van der Waals surface area (Å²) in [6.45, 7) is 1.72. The Kier molecular flexibility index (Phi) is 3.63. The minimum Gasteiger partial charge on any atom is -0.386 e. The molecule has 96 valence electrons. The third-order valence-corrected chi connectivity index (χ3v) is 3.20. The number of carbonyl (C=O) groups excluding carboxylic acids is 2. The first-order valence-corrected chi connectivity index (χ1v) is 5.94. The van der Waals surface area contributed by atoms with Crippen LogP contribution >= 0.6 is 0 Å². The number of ether oxygens (including phenoxy) is 1. The Labute approximate surface area is 99.9 Å². The molecule has 2 saturated heterocycles. The second kappa shape index (κ2) is 5.01. The molecule has 2 aliphatic rings. The third kappa shape index (κ3) is 3.17. The third-order valence-electron chi connectivity index (χ3n) is 3.20. The van der Waals surface area contributed by atoms with E-state index >= 15 is 0 Å². The summed E-state index contributed by atoms with van der Waals surface area (Å²) in [5.74, 6) is -0.191. The van der Waals surface area contributed by atoms with Gasteiger partial charge in [0, 0.05) is 32.5 Å². The summed E-state index contributed by atoms with van der Waals surface area (Å²) in [6.07, 6.45) is 1.89. The second-order valence-electron chi connectivity index (χ2n) is 4.72. The van der Waals surface area contributed by atoms with Crippen molar-refractivity contribution in [2.75, 3.05) is 32.8 Å². The second-order valence-corrected chi connectivity index (χ2v) is 4.72. The van der Waals surface area contributed by atoms with Crippen LogP contribution in [0.3, 0.4) is 0 Å². The molecule has 1 atom stereocenters. The highest BCUT2D eigenvalue weighted by Crippen LogP contribution is 2.16. The summed E-state index contributed by atoms with van der Waals surface area (Å²) in [7, 11) is 0. The molecule has 2 N–H and O–H groups in total. The first-order chi connectivity index (χ1) is 8.09. The first-order valence-electron chi connectivity index (χ1n) is 5.94. The average molecular weight is 242 g/mol. The molecule has 2 rings (SSSR count). The van der Waals surface area contributed by atoms with Gasteiger partial charge < -0.3 is 20.1 Å². The lowest BCUT2D eigenvalue weighted by molar-refractivity contribution is -0.133. The van der Waals surface area contributed by atoms with Crippen molar-refractivity contribution < 1.29 is 19.4 Å². The van der Waals surface area contributed by atoms with Crippen LogP contribution in [0.1, 0.15) is 19.3 Å². The van der Waals surface area contributed by atoms with E-state index in [2.05, 4.69) is 5.32 Å². The Morgan fingerprint density at radius 2 is 2.41 bits per heavy atom. The van der Waals surface area contributed by atoms with Crippen LogP contribution in [0, 0.1) is 0 Å². The van der Waals surface area contributed by atoms with Crippen molar-refractivity contribution >= 4 is 11.8 Å². The highest BCUT2D eigenvalue weighted by molar-refractivity contribution is 5.85. The quantitative estimate of drug-likeness (QED) is 0.654. The number of likely N-dealkylation sites (tertiary alicyclic amines) is 1. The summed E-state index contributed by atoms with van der Waals surface area (Å²) < 4.78 is 5.08. The minimum absolute atomic E-state index is 0.0306. The van der Waals surface area contributed by atoms with Crippen molar-refractivity contribution in [1.29, 1.82) is 0 Å². The van der Waals surface area contributed by atoms with Crippen molar-refractivity contribution in [3.05, 3.63) is 0 Å². The maximum atomic E-state index is 11.6. The van der Waals surface area contributed by atoms with Crippen LogP contribution < -0.4 is 5.32 Å². The van der Waals surface area contributed by atoms with Gasteiger partial charge in [-0.15, -0.1) is 0 Å². The number of carbonyl (C=O) groups is 2. The lowest BCUT2D eigenvalue weighted by atomic mass is 10.0. The predicted molar refractivity (Wildman–Crippen MR) is 59.2 cm³/mol. The van der Waals surface area contributed by atoms with E-state index in [0.717, 1.165) is 6.42 Å². The summed E-state index contributed by atoms with van der Waals surface area (Å²) in [4.78, 5) is 24.4. The number of hydrogen-bond donors (Lipinski definition) is 2. The predicted octanol–water partition coefficient (Wildman–Crippen LogP) is -1.12. The molecule has 0 aromatic rings. The number of nitrogens with one attached hydrogen (secondary N) is 1. The zero-order valence-electron chi connectivity index (χ0n) is 9.78. The maximum absolute atomic E-state index is 11.6. The van der Waals surface area contributed by atoms with E-state index in [4.69, 9.17) is 4.74 Å². The van der Waals surface area contributed by atoms with Gasteiger partial charge in [0.05, 0.1) is 13.2 Å². The molecule has 0 bridgehead atoms. The number of aliphatic hydroxyl groups is 1. The number of nitrogens with zero attached hydrogens (tertiary/aromatic N) is 1. The molecule has 0 radical (unpaired) electrons. The molecule has 6 heteroatoms. The van der Waals surface area contributed by atoms with E-state index in [0.29, 0.717) is 26.0 Å². The van der Waals surface area contributed by atoms with Crippen LogP contribution in [0.5, 0.6) is 0 Å². The van der Waals surface area contributed by atoms with Crippen molar-refractivity contribution in [3.8, 4) is 0 Å². The lowest BCUT2D eigenvalue weighted by Gasteiger charge is -2.22. The summed E-state index contributed by atoms with van der Waals surface area (Å²) in [5.41, 5.74) is -0.940. The SMILES string of the molecule is O=C(CN1CCCC1=O)NCC1(O)CCOC1. The van der Waals surface area contributed by atoms with Gasteiger partial charge in [0.2, 0.25) is 11.8 Å². The molecule has 2 heterocycles. The number of amides is 2. The molecular formula is C11H18N2O4. The lowest BCUT2D eigenvalue weighted by Crippen LogP contribution is -2.46. The van der Waals surface area contributed by atoms with E-state index in [1.807, 2.05) is 0 Å². The maximum Gasteiger partial charge on any atom is 0.239 e. The molecule has 0 aliphatic carbocycles. The van der Waals surface area contributed by atoms with Crippen LogP contribution in [0.25, 0.3) is 0 Å². The molecule has 0 saturated carbocycles. The van der Waals surface area contributed by atoms with Gasteiger partial charge in [-0.25, -0.2) is 0 Å². The van der Waals surface area contributed by atoms with Crippen molar-refractivity contribution in [2.45, 2.75) is 24.9 Å². The van der Waals surface area contributed by atoms with Gasteiger partial charge in [-0.3, -0.25) is 9.59 Å². The molecule has 0 aromatic heterocycles. The van der Waals surface area contributed by atoms with Gasteiger partial charge in [-0.1, -0.05) is 0 Å². The fourth-order valence-corrected chi connectivity index (χ4v) is 2.10. The monoisotopic (exact) mass is 242 g/mol. The highest BCUT2D eigenvalue weighted by Gasteiger charge is 2.32. The molecule has 17 heavy (non-hydrogen) atoms. The van der Waals surface area contributed by atoms with Crippen LogP contribution in [0.4, 0.5) is 0 Å². The molecule has 0 aromatic carbocycles. The van der Waals surface area contributed by atoms with E-state index in [9.17, 15) is 14.7 Å². The molecule has 2 amide bonds. The number of rotatable bonds is 4. The summed E-state index contributed by atoms with van der Waals surface area (Å²) in [6, 6.07) is 0. The van der Waals surface area contributed by atoms with Gasteiger partial charge >= 0.3 is 0 Å². The van der Waals surface area contributed by atoms with Crippen molar-refractivity contribution in [3.63, 3.8) is 0 Å². The molecule has 2 aliphatic heterocycles. The Balaban J connectivity index is 1.72. The Morgan fingerprint density at radius 1 is 1.59 bits per heavy atom. The van der Waals surface area contributed by atoms with Gasteiger partial charge in [0.25, 0.3) is 0 Å². The minimum atomic E-state index is -0.940.